The molecule has 0 aliphatic carbocycles. The van der Waals surface area contributed by atoms with E-state index in [-0.39, 0.29) is 33.9 Å². The van der Waals surface area contributed by atoms with Crippen molar-refractivity contribution in [1.82, 2.24) is 10.1 Å². The van der Waals surface area contributed by atoms with Crippen molar-refractivity contribution >= 4 is 40.6 Å². The zero-order valence-corrected chi connectivity index (χ0v) is 17.1. The van der Waals surface area contributed by atoms with E-state index >= 15 is 0 Å². The number of carbonyl (C=O) groups excluding carboxylic acids is 1. The molecule has 1 aromatic heterocycles. The Hall–Kier alpha value is -2.34. The maximum Gasteiger partial charge on any atom is 0.264 e. The van der Waals surface area contributed by atoms with Crippen LogP contribution in [0.2, 0.25) is 15.1 Å². The quantitative estimate of drug-likeness (QED) is 0.315. The first-order valence-electron chi connectivity index (χ1n) is 8.32. The molecule has 3 rings (SSSR count). The first kappa shape index (κ1) is 20.4. The summed E-state index contributed by atoms with van der Waals surface area (Å²) in [5.41, 5.74) is 1.50. The normalized spacial score (nSPS) is 10.7. The summed E-state index contributed by atoms with van der Waals surface area (Å²) in [6.07, 6.45) is 0.526. The van der Waals surface area contributed by atoms with E-state index < -0.39 is 0 Å². The fourth-order valence-electron chi connectivity index (χ4n) is 2.34. The number of hydrogen-bond donors (Lipinski definition) is 0. The summed E-state index contributed by atoms with van der Waals surface area (Å²) in [6, 6.07) is 10.2. The molecule has 0 bridgehead atoms. The molecular formula is C20H15Cl3N2O3. The van der Waals surface area contributed by atoms with Gasteiger partial charge in [0.2, 0.25) is 5.82 Å². The topological polar surface area (TPSA) is 65.2 Å². The number of carbonyl (C=O) groups is 1. The van der Waals surface area contributed by atoms with Crippen LogP contribution in [-0.2, 0) is 6.61 Å². The highest BCUT2D eigenvalue weighted by atomic mass is 35.5. The molecule has 0 radical (unpaired) electrons. The Balaban J connectivity index is 1.73. The van der Waals surface area contributed by atoms with Crippen molar-refractivity contribution < 1.29 is 14.1 Å². The average molecular weight is 438 g/mol. The van der Waals surface area contributed by atoms with Gasteiger partial charge in [0.15, 0.2) is 12.4 Å². The van der Waals surface area contributed by atoms with Crippen molar-refractivity contribution in [2.45, 2.75) is 20.0 Å². The monoisotopic (exact) mass is 436 g/mol. The van der Waals surface area contributed by atoms with Crippen LogP contribution < -0.4 is 4.74 Å². The lowest BCUT2D eigenvalue weighted by atomic mass is 10.0. The van der Waals surface area contributed by atoms with Gasteiger partial charge < -0.3 is 9.26 Å². The zero-order valence-electron chi connectivity index (χ0n) is 14.8. The molecule has 5 nitrogen and oxygen atoms in total. The smallest absolute Gasteiger partial charge is 0.264 e. The first-order valence-corrected chi connectivity index (χ1v) is 9.46. The fraction of sp³-hybridized carbons (Fsp3) is 0.150. The molecule has 1 heterocycles. The third-order valence-corrected chi connectivity index (χ3v) is 5.08. The molecule has 0 saturated heterocycles. The van der Waals surface area contributed by atoms with Crippen LogP contribution in [0.4, 0.5) is 0 Å². The van der Waals surface area contributed by atoms with Crippen molar-refractivity contribution in [2.75, 3.05) is 0 Å². The van der Waals surface area contributed by atoms with E-state index in [1.165, 1.54) is 0 Å². The molecule has 0 aliphatic heterocycles. The minimum Gasteiger partial charge on any atom is -0.482 e. The Morgan fingerprint density at radius 1 is 1.11 bits per heavy atom. The van der Waals surface area contributed by atoms with E-state index in [0.29, 0.717) is 28.6 Å². The zero-order chi connectivity index (χ0) is 20.3. The molecule has 3 aromatic rings. The molecule has 0 spiro atoms. The van der Waals surface area contributed by atoms with Crippen LogP contribution in [0.5, 0.6) is 5.75 Å². The maximum atomic E-state index is 12.3. The summed E-state index contributed by atoms with van der Waals surface area (Å²) in [4.78, 5) is 16.5. The van der Waals surface area contributed by atoms with Crippen LogP contribution in [0.1, 0.15) is 29.6 Å². The molecule has 0 N–H and O–H groups in total. The Labute approximate surface area is 176 Å². The van der Waals surface area contributed by atoms with E-state index in [4.69, 9.17) is 44.1 Å². The second-order valence-electron chi connectivity index (χ2n) is 5.83. The Morgan fingerprint density at radius 2 is 1.82 bits per heavy atom. The van der Waals surface area contributed by atoms with Crippen LogP contribution in [0.3, 0.4) is 0 Å². The molecule has 2 aromatic carbocycles. The Bertz CT molecular complexity index is 1030. The van der Waals surface area contributed by atoms with Gasteiger partial charge in [-0.2, -0.15) is 4.98 Å². The molecular weight excluding hydrogens is 423 g/mol. The van der Waals surface area contributed by atoms with Gasteiger partial charge in [-0.25, -0.2) is 0 Å². The minimum absolute atomic E-state index is 0.00833. The molecule has 0 amide bonds. The third-order valence-electron chi connectivity index (χ3n) is 3.96. The number of allylic oxidation sites excluding steroid dienone is 1. The van der Waals surface area contributed by atoms with Crippen molar-refractivity contribution in [1.29, 1.82) is 0 Å². The molecule has 0 atom stereocenters. The van der Waals surface area contributed by atoms with E-state index in [2.05, 4.69) is 16.7 Å². The largest absolute Gasteiger partial charge is 0.482 e. The summed E-state index contributed by atoms with van der Waals surface area (Å²) < 4.78 is 10.8. The summed E-state index contributed by atoms with van der Waals surface area (Å²) in [5, 5.41) is 4.78. The van der Waals surface area contributed by atoms with E-state index in [1.54, 1.807) is 36.4 Å². The minimum atomic E-state index is -0.245. The molecule has 0 aliphatic rings. The van der Waals surface area contributed by atoms with Crippen LogP contribution in [0.25, 0.3) is 11.4 Å². The van der Waals surface area contributed by atoms with Gasteiger partial charge in [-0.3, -0.25) is 4.79 Å². The number of halogens is 3. The lowest BCUT2D eigenvalue weighted by Gasteiger charge is -2.10. The molecule has 0 unspecified atom stereocenters. The Morgan fingerprint density at radius 3 is 2.50 bits per heavy atom. The number of ether oxygens (including phenoxy) is 1. The predicted molar refractivity (Wildman–Crippen MR) is 109 cm³/mol. The number of ketones is 1. The molecule has 0 saturated carbocycles. The number of hydrogen-bond acceptors (Lipinski definition) is 5. The van der Waals surface area contributed by atoms with E-state index in [0.717, 1.165) is 5.56 Å². The number of benzene rings is 2. The van der Waals surface area contributed by atoms with E-state index in [9.17, 15) is 4.79 Å². The van der Waals surface area contributed by atoms with Crippen LogP contribution >= 0.6 is 34.8 Å². The summed E-state index contributed by atoms with van der Waals surface area (Å²) in [7, 11) is 0. The highest BCUT2D eigenvalue weighted by molar-refractivity contribution is 6.45. The van der Waals surface area contributed by atoms with Gasteiger partial charge in [-0.15, -0.1) is 0 Å². The molecule has 28 heavy (non-hydrogen) atoms. The molecule has 0 fully saturated rings. The highest BCUT2D eigenvalue weighted by Crippen LogP contribution is 2.36. The number of aromatic nitrogens is 2. The summed E-state index contributed by atoms with van der Waals surface area (Å²) >= 11 is 18.4. The van der Waals surface area contributed by atoms with Crippen molar-refractivity contribution in [2.24, 2.45) is 0 Å². The second-order valence-corrected chi connectivity index (χ2v) is 7.03. The van der Waals surface area contributed by atoms with Crippen molar-refractivity contribution in [3.05, 3.63) is 75.1 Å². The number of Topliss-reactive ketones (excluding diaryl/α,β-unsaturated/α-hetero) is 1. The van der Waals surface area contributed by atoms with Gasteiger partial charge in [0.25, 0.3) is 5.89 Å². The van der Waals surface area contributed by atoms with Crippen molar-refractivity contribution in [3.63, 3.8) is 0 Å². The number of nitrogens with zero attached hydrogens (tertiary/aromatic N) is 2. The van der Waals surface area contributed by atoms with Gasteiger partial charge in [0, 0.05) is 16.1 Å². The van der Waals surface area contributed by atoms with E-state index in [1.807, 2.05) is 6.92 Å². The lowest BCUT2D eigenvalue weighted by molar-refractivity contribution is 0.103. The van der Waals surface area contributed by atoms with Crippen LogP contribution in [0, 0.1) is 0 Å². The van der Waals surface area contributed by atoms with Gasteiger partial charge in [-0.05, 0) is 48.4 Å². The average Bonchev–Trinajstić information content (AvgIpc) is 3.17. The maximum absolute atomic E-state index is 12.3. The molecule has 144 valence electrons. The fourth-order valence-corrected chi connectivity index (χ4v) is 2.93. The van der Waals surface area contributed by atoms with Crippen LogP contribution in [-0.4, -0.2) is 15.9 Å². The van der Waals surface area contributed by atoms with Crippen LogP contribution in [0.15, 0.2) is 53.1 Å². The van der Waals surface area contributed by atoms with Gasteiger partial charge >= 0.3 is 0 Å². The van der Waals surface area contributed by atoms with Gasteiger partial charge in [0.1, 0.15) is 10.8 Å². The SMILES string of the molecule is C=C(CC)C(=O)c1ccc(OCc2nc(-c3ccc(Cl)cc3)no2)c(Cl)c1Cl. The molecule has 8 heteroatoms. The first-order chi connectivity index (χ1) is 13.4. The van der Waals surface area contributed by atoms with Crippen molar-refractivity contribution in [3.8, 4) is 17.1 Å². The second kappa shape index (κ2) is 8.78. The predicted octanol–water partition coefficient (Wildman–Crippen LogP) is 6.42. The standard InChI is InChI=1S/C20H15Cl3N2O3/c1-3-11(2)19(26)14-8-9-15(18(23)17(14)22)27-10-16-24-20(25-28-16)12-4-6-13(21)7-5-12/h4-9H,2-3,10H2,1H3. The third kappa shape index (κ3) is 4.38. The highest BCUT2D eigenvalue weighted by Gasteiger charge is 2.18. The van der Waals surface area contributed by atoms with Gasteiger partial charge in [0.05, 0.1) is 5.02 Å². The number of rotatable bonds is 7. The lowest BCUT2D eigenvalue weighted by Crippen LogP contribution is -2.04. The summed E-state index contributed by atoms with van der Waals surface area (Å²) in [6.45, 7) is 5.57. The van der Waals surface area contributed by atoms with Gasteiger partial charge in [-0.1, -0.05) is 53.5 Å². The Kier molecular flexibility index (Phi) is 6.39. The summed E-state index contributed by atoms with van der Waals surface area (Å²) in [5.74, 6) is 0.733.